The van der Waals surface area contributed by atoms with Gasteiger partial charge in [-0.15, -0.1) is 0 Å². The lowest BCUT2D eigenvalue weighted by atomic mass is 9.93. The van der Waals surface area contributed by atoms with Crippen molar-refractivity contribution in [3.05, 3.63) is 0 Å². The minimum atomic E-state index is -0.714. The van der Waals surface area contributed by atoms with Gasteiger partial charge in [0, 0.05) is 32.5 Å². The van der Waals surface area contributed by atoms with Crippen LogP contribution in [0.15, 0.2) is 0 Å². The lowest BCUT2D eigenvalue weighted by Gasteiger charge is -2.38. The van der Waals surface area contributed by atoms with Crippen LogP contribution in [-0.4, -0.2) is 48.2 Å². The second-order valence-corrected chi connectivity index (χ2v) is 6.00. The summed E-state index contributed by atoms with van der Waals surface area (Å²) in [5, 5.41) is 0. The highest BCUT2D eigenvalue weighted by Gasteiger charge is 2.37. The number of likely N-dealkylation sites (tertiary alicyclic amines) is 1. The number of hydrogen-bond acceptors (Lipinski definition) is 4. The SMILES string of the molecule is CCCOC1(C=O)CCN(C(=O)OC(C)(C)C)CC1. The molecular weight excluding hydrogens is 246 g/mol. The molecule has 110 valence electrons. The van der Waals surface area contributed by atoms with Gasteiger partial charge in [0.05, 0.1) is 0 Å². The van der Waals surface area contributed by atoms with Crippen LogP contribution < -0.4 is 0 Å². The summed E-state index contributed by atoms with van der Waals surface area (Å²) in [6.07, 6.45) is 2.52. The Hall–Kier alpha value is -1.10. The predicted octanol–water partition coefficient (Wildman–Crippen LogP) is 2.38. The molecule has 0 aromatic rings. The monoisotopic (exact) mass is 271 g/mol. The van der Waals surface area contributed by atoms with Gasteiger partial charge in [0.15, 0.2) is 6.29 Å². The standard InChI is InChI=1S/C14H25NO4/c1-5-10-18-14(11-16)6-8-15(9-7-14)12(17)19-13(2,3)4/h11H,5-10H2,1-4H3. The fraction of sp³-hybridized carbons (Fsp3) is 0.857. The van der Waals surface area contributed by atoms with E-state index in [1.165, 1.54) is 0 Å². The number of nitrogens with zero attached hydrogens (tertiary/aromatic N) is 1. The summed E-state index contributed by atoms with van der Waals surface area (Å²) in [4.78, 5) is 24.8. The number of carbonyl (C=O) groups is 2. The van der Waals surface area contributed by atoms with Gasteiger partial charge in [-0.2, -0.15) is 0 Å². The zero-order valence-corrected chi connectivity index (χ0v) is 12.4. The molecule has 1 saturated heterocycles. The second-order valence-electron chi connectivity index (χ2n) is 6.00. The zero-order valence-electron chi connectivity index (χ0n) is 12.4. The number of ether oxygens (including phenoxy) is 2. The van der Waals surface area contributed by atoms with E-state index in [1.807, 2.05) is 27.7 Å². The van der Waals surface area contributed by atoms with E-state index in [1.54, 1.807) is 4.90 Å². The van der Waals surface area contributed by atoms with Crippen molar-refractivity contribution in [1.82, 2.24) is 4.90 Å². The average Bonchev–Trinajstić information content (AvgIpc) is 2.35. The molecule has 0 saturated carbocycles. The fourth-order valence-electron chi connectivity index (χ4n) is 2.00. The number of aldehydes is 1. The number of piperidine rings is 1. The van der Waals surface area contributed by atoms with Crippen LogP contribution in [0, 0.1) is 0 Å². The van der Waals surface area contributed by atoms with Crippen molar-refractivity contribution in [2.24, 2.45) is 0 Å². The van der Waals surface area contributed by atoms with Crippen molar-refractivity contribution in [3.8, 4) is 0 Å². The van der Waals surface area contributed by atoms with Gasteiger partial charge in [0.2, 0.25) is 0 Å². The maximum atomic E-state index is 11.9. The molecule has 19 heavy (non-hydrogen) atoms. The summed E-state index contributed by atoms with van der Waals surface area (Å²) < 4.78 is 11.0. The van der Waals surface area contributed by atoms with Gasteiger partial charge in [0.1, 0.15) is 11.2 Å². The molecule has 0 N–H and O–H groups in total. The van der Waals surface area contributed by atoms with E-state index in [-0.39, 0.29) is 6.09 Å². The van der Waals surface area contributed by atoms with Crippen LogP contribution in [-0.2, 0) is 14.3 Å². The first-order valence-corrected chi connectivity index (χ1v) is 6.90. The minimum Gasteiger partial charge on any atom is -0.444 e. The molecule has 0 radical (unpaired) electrons. The first-order chi connectivity index (χ1) is 8.82. The van der Waals surface area contributed by atoms with Crippen molar-refractivity contribution >= 4 is 12.4 Å². The van der Waals surface area contributed by atoms with Gasteiger partial charge in [-0.3, -0.25) is 0 Å². The van der Waals surface area contributed by atoms with E-state index >= 15 is 0 Å². The molecule has 0 aliphatic carbocycles. The zero-order chi connectivity index (χ0) is 14.5. The van der Waals surface area contributed by atoms with Crippen LogP contribution in [0.25, 0.3) is 0 Å². The second kappa shape index (κ2) is 6.37. The maximum absolute atomic E-state index is 11.9. The highest BCUT2D eigenvalue weighted by Crippen LogP contribution is 2.25. The summed E-state index contributed by atoms with van der Waals surface area (Å²) in [5.41, 5.74) is -1.20. The summed E-state index contributed by atoms with van der Waals surface area (Å²) in [7, 11) is 0. The Balaban J connectivity index is 2.51. The molecule has 0 aromatic heterocycles. The van der Waals surface area contributed by atoms with Crippen molar-refractivity contribution in [1.29, 1.82) is 0 Å². The van der Waals surface area contributed by atoms with E-state index in [0.717, 1.165) is 12.7 Å². The first-order valence-electron chi connectivity index (χ1n) is 6.90. The van der Waals surface area contributed by atoms with E-state index in [4.69, 9.17) is 9.47 Å². The Kier molecular flexibility index (Phi) is 5.35. The molecule has 1 amide bonds. The third-order valence-electron chi connectivity index (χ3n) is 3.07. The lowest BCUT2D eigenvalue weighted by Crippen LogP contribution is -2.50. The molecule has 5 heteroatoms. The molecule has 0 atom stereocenters. The summed E-state index contributed by atoms with van der Waals surface area (Å²) in [6.45, 7) is 9.10. The van der Waals surface area contributed by atoms with Crippen LogP contribution in [0.3, 0.4) is 0 Å². The minimum absolute atomic E-state index is 0.317. The van der Waals surface area contributed by atoms with Crippen LogP contribution >= 0.6 is 0 Å². The number of rotatable bonds is 4. The number of amides is 1. The topological polar surface area (TPSA) is 55.8 Å². The molecule has 0 spiro atoms. The normalized spacial score (nSPS) is 19.1. The summed E-state index contributed by atoms with van der Waals surface area (Å²) >= 11 is 0. The molecule has 1 aliphatic rings. The number of carbonyl (C=O) groups excluding carboxylic acids is 2. The summed E-state index contributed by atoms with van der Waals surface area (Å²) in [6, 6.07) is 0. The summed E-state index contributed by atoms with van der Waals surface area (Å²) in [5.74, 6) is 0. The molecule has 0 bridgehead atoms. The molecular formula is C14H25NO4. The average molecular weight is 271 g/mol. The van der Waals surface area contributed by atoms with Crippen molar-refractivity contribution in [2.75, 3.05) is 19.7 Å². The largest absolute Gasteiger partial charge is 0.444 e. The van der Waals surface area contributed by atoms with Crippen molar-refractivity contribution in [3.63, 3.8) is 0 Å². The van der Waals surface area contributed by atoms with E-state index < -0.39 is 11.2 Å². The van der Waals surface area contributed by atoms with Crippen LogP contribution in [0.4, 0.5) is 4.79 Å². The van der Waals surface area contributed by atoms with E-state index in [0.29, 0.717) is 32.5 Å². The van der Waals surface area contributed by atoms with Gasteiger partial charge in [-0.25, -0.2) is 4.79 Å². The Morgan fingerprint density at radius 3 is 2.32 bits per heavy atom. The molecule has 1 aliphatic heterocycles. The Morgan fingerprint density at radius 2 is 1.89 bits per heavy atom. The number of hydrogen-bond donors (Lipinski definition) is 0. The van der Waals surface area contributed by atoms with E-state index in [2.05, 4.69) is 0 Å². The van der Waals surface area contributed by atoms with Gasteiger partial charge < -0.3 is 19.2 Å². The molecule has 0 unspecified atom stereocenters. The van der Waals surface area contributed by atoms with Gasteiger partial charge >= 0.3 is 6.09 Å². The smallest absolute Gasteiger partial charge is 0.410 e. The maximum Gasteiger partial charge on any atom is 0.410 e. The fourth-order valence-corrected chi connectivity index (χ4v) is 2.00. The van der Waals surface area contributed by atoms with Gasteiger partial charge in [-0.1, -0.05) is 6.92 Å². The van der Waals surface area contributed by atoms with Crippen LogP contribution in [0.5, 0.6) is 0 Å². The highest BCUT2D eigenvalue weighted by molar-refractivity contribution is 5.69. The van der Waals surface area contributed by atoms with E-state index in [9.17, 15) is 9.59 Å². The predicted molar refractivity (Wildman–Crippen MR) is 72.1 cm³/mol. The van der Waals surface area contributed by atoms with Crippen molar-refractivity contribution < 1.29 is 19.1 Å². The van der Waals surface area contributed by atoms with Crippen LogP contribution in [0.1, 0.15) is 47.0 Å². The highest BCUT2D eigenvalue weighted by atomic mass is 16.6. The molecule has 5 nitrogen and oxygen atoms in total. The van der Waals surface area contributed by atoms with Crippen molar-refractivity contribution in [2.45, 2.75) is 58.2 Å². The van der Waals surface area contributed by atoms with Crippen LogP contribution in [0.2, 0.25) is 0 Å². The third kappa shape index (κ3) is 4.82. The first kappa shape index (κ1) is 16.0. The Morgan fingerprint density at radius 1 is 1.32 bits per heavy atom. The molecule has 1 rings (SSSR count). The Labute approximate surface area is 115 Å². The Bertz CT molecular complexity index is 314. The molecule has 1 fully saturated rings. The third-order valence-corrected chi connectivity index (χ3v) is 3.07. The van der Waals surface area contributed by atoms with Gasteiger partial charge in [0.25, 0.3) is 0 Å². The van der Waals surface area contributed by atoms with Gasteiger partial charge in [-0.05, 0) is 27.2 Å². The molecule has 0 aromatic carbocycles. The quantitative estimate of drug-likeness (QED) is 0.737. The molecule has 1 heterocycles. The lowest BCUT2D eigenvalue weighted by molar-refractivity contribution is -0.138.